The van der Waals surface area contributed by atoms with E-state index < -0.39 is 18.6 Å². The second-order valence-electron chi connectivity index (χ2n) is 7.39. The smallest absolute Gasteiger partial charge is 0.204 e. The van der Waals surface area contributed by atoms with E-state index >= 15 is 0 Å². The summed E-state index contributed by atoms with van der Waals surface area (Å²) in [5, 5.41) is 3.65. The van der Waals surface area contributed by atoms with Crippen molar-refractivity contribution in [2.75, 3.05) is 6.54 Å². The van der Waals surface area contributed by atoms with Crippen LogP contribution in [0.5, 0.6) is 0 Å². The summed E-state index contributed by atoms with van der Waals surface area (Å²) in [6, 6.07) is 31.6. The molecule has 0 aromatic heterocycles. The lowest BCUT2D eigenvalue weighted by atomic mass is 10.1. The van der Waals surface area contributed by atoms with Gasteiger partial charge in [-0.05, 0) is 50.2 Å². The predicted octanol–water partition coefficient (Wildman–Crippen LogP) is 4.18. The molecule has 0 saturated carbocycles. The molecule has 3 aromatic rings. The van der Waals surface area contributed by atoms with Crippen molar-refractivity contribution in [3.05, 3.63) is 91.0 Å². The third-order valence-corrected chi connectivity index (χ3v) is 11.2. The van der Waals surface area contributed by atoms with Crippen molar-refractivity contribution in [2.45, 2.75) is 33.2 Å². The minimum atomic E-state index is -2.27. The van der Waals surface area contributed by atoms with Gasteiger partial charge in [-0.25, -0.2) is 8.93 Å². The van der Waals surface area contributed by atoms with Crippen molar-refractivity contribution in [1.29, 1.82) is 0 Å². The lowest BCUT2D eigenvalue weighted by molar-refractivity contribution is 0.470. The molecule has 152 valence electrons. The van der Waals surface area contributed by atoms with E-state index in [1.54, 1.807) is 0 Å². The Morgan fingerprint density at radius 2 is 1.10 bits per heavy atom. The monoisotopic (exact) mass is 425 g/mol. The summed E-state index contributed by atoms with van der Waals surface area (Å²) in [4.78, 5) is 0. The van der Waals surface area contributed by atoms with Crippen LogP contribution in [0.25, 0.3) is 0 Å². The average molecular weight is 426 g/mol. The third kappa shape index (κ3) is 4.22. The molecular weight excluding hydrogens is 395 g/mol. The van der Waals surface area contributed by atoms with Crippen LogP contribution in [0.4, 0.5) is 0 Å². The van der Waals surface area contributed by atoms with E-state index in [2.05, 4.69) is 95.4 Å². The van der Waals surface area contributed by atoms with Crippen LogP contribution < -0.4 is 20.6 Å². The fourth-order valence-electron chi connectivity index (χ4n) is 3.70. The maximum absolute atomic E-state index is 13.3. The van der Waals surface area contributed by atoms with E-state index in [0.29, 0.717) is 6.54 Å². The van der Waals surface area contributed by atoms with Gasteiger partial charge in [0.15, 0.2) is 7.41 Å². The fourth-order valence-corrected chi connectivity index (χ4v) is 10.7. The quantitative estimate of drug-likeness (QED) is 0.625. The summed E-state index contributed by atoms with van der Waals surface area (Å²) < 4.78 is 18.8. The van der Waals surface area contributed by atoms with Gasteiger partial charge in [-0.15, -0.1) is 0 Å². The lowest BCUT2D eigenvalue weighted by Crippen LogP contribution is -2.43. The second-order valence-corrected chi connectivity index (χ2v) is 12.1. The zero-order valence-corrected chi connectivity index (χ0v) is 19.3. The SMILES string of the molecule is CC.CC1(C)CN([P+](c2ccccc2)(c2ccccc2)c2ccccc2)S(=O)N1. The van der Waals surface area contributed by atoms with Crippen molar-refractivity contribution in [3.63, 3.8) is 0 Å². The molecule has 1 saturated heterocycles. The van der Waals surface area contributed by atoms with Crippen LogP contribution in [0.15, 0.2) is 91.0 Å². The summed E-state index contributed by atoms with van der Waals surface area (Å²) in [5.74, 6) is 0. The second kappa shape index (κ2) is 9.32. The van der Waals surface area contributed by atoms with Gasteiger partial charge in [0.2, 0.25) is 11.2 Å². The van der Waals surface area contributed by atoms with Gasteiger partial charge in [0.05, 0.1) is 6.54 Å². The Labute approximate surface area is 178 Å². The van der Waals surface area contributed by atoms with E-state index in [1.165, 1.54) is 15.9 Å². The molecule has 29 heavy (non-hydrogen) atoms. The van der Waals surface area contributed by atoms with Gasteiger partial charge in [-0.1, -0.05) is 72.5 Å². The lowest BCUT2D eigenvalue weighted by Gasteiger charge is -2.32. The molecule has 0 spiro atoms. The molecule has 1 atom stereocenters. The van der Waals surface area contributed by atoms with Crippen LogP contribution in [0.3, 0.4) is 0 Å². The minimum absolute atomic E-state index is 0.214. The fraction of sp³-hybridized carbons (Fsp3) is 0.250. The normalized spacial score (nSPS) is 18.7. The number of hydrogen-bond donors (Lipinski definition) is 1. The Kier molecular flexibility index (Phi) is 7.02. The highest BCUT2D eigenvalue weighted by Crippen LogP contribution is 2.60. The number of benzene rings is 3. The summed E-state index contributed by atoms with van der Waals surface area (Å²) >= 11 is -1.27. The van der Waals surface area contributed by atoms with E-state index in [4.69, 9.17) is 0 Å². The molecule has 0 aliphatic carbocycles. The highest BCUT2D eigenvalue weighted by atomic mass is 32.2. The van der Waals surface area contributed by atoms with Crippen molar-refractivity contribution in [1.82, 2.24) is 8.80 Å². The van der Waals surface area contributed by atoms with Gasteiger partial charge in [-0.2, -0.15) is 0 Å². The molecule has 0 bridgehead atoms. The first-order valence-corrected chi connectivity index (χ1v) is 12.9. The molecule has 0 amide bonds. The molecule has 1 aliphatic heterocycles. The Morgan fingerprint density at radius 1 is 0.759 bits per heavy atom. The van der Waals surface area contributed by atoms with Crippen LogP contribution in [-0.4, -0.2) is 20.4 Å². The van der Waals surface area contributed by atoms with E-state index in [1.807, 2.05) is 32.0 Å². The molecule has 3 aromatic carbocycles. The van der Waals surface area contributed by atoms with Crippen molar-refractivity contribution >= 4 is 34.5 Å². The molecule has 3 nitrogen and oxygen atoms in total. The number of nitrogens with zero attached hydrogens (tertiary/aromatic N) is 1. The number of rotatable bonds is 4. The highest BCUT2D eigenvalue weighted by Gasteiger charge is 2.58. The van der Waals surface area contributed by atoms with Crippen LogP contribution in [0.2, 0.25) is 0 Å². The van der Waals surface area contributed by atoms with Crippen molar-refractivity contribution in [2.24, 2.45) is 0 Å². The number of hydrogen-bond acceptors (Lipinski definition) is 1. The Bertz CT molecular complexity index is 836. The minimum Gasteiger partial charge on any atom is -0.222 e. The molecule has 1 aliphatic rings. The average Bonchev–Trinajstić information content (AvgIpc) is 3.05. The van der Waals surface area contributed by atoms with Gasteiger partial charge in [0.1, 0.15) is 15.9 Å². The Hall–Kier alpha value is -1.84. The Morgan fingerprint density at radius 3 is 1.38 bits per heavy atom. The topological polar surface area (TPSA) is 32.3 Å². The summed E-state index contributed by atoms with van der Waals surface area (Å²) in [6.07, 6.45) is 0. The van der Waals surface area contributed by atoms with Crippen LogP contribution in [-0.2, 0) is 11.2 Å². The van der Waals surface area contributed by atoms with Crippen molar-refractivity contribution < 1.29 is 4.21 Å². The molecular formula is C24H30N2OPS+. The first kappa shape index (κ1) is 21.9. The van der Waals surface area contributed by atoms with Gasteiger partial charge >= 0.3 is 0 Å². The van der Waals surface area contributed by atoms with E-state index in [0.717, 1.165) is 0 Å². The molecule has 0 radical (unpaired) electrons. The number of nitrogens with one attached hydrogen (secondary N) is 1. The van der Waals surface area contributed by atoms with Crippen LogP contribution >= 0.6 is 7.41 Å². The maximum Gasteiger partial charge on any atom is 0.204 e. The first-order chi connectivity index (χ1) is 14.0. The third-order valence-electron chi connectivity index (χ3n) is 4.81. The zero-order valence-electron chi connectivity index (χ0n) is 17.6. The van der Waals surface area contributed by atoms with E-state index in [-0.39, 0.29) is 5.54 Å². The first-order valence-electron chi connectivity index (χ1n) is 10.1. The summed E-state index contributed by atoms with van der Waals surface area (Å²) in [7, 11) is -2.27. The van der Waals surface area contributed by atoms with Gasteiger partial charge in [0.25, 0.3) is 0 Å². The molecule has 4 rings (SSSR count). The zero-order chi connectivity index (χ0) is 20.9. The van der Waals surface area contributed by atoms with Gasteiger partial charge in [-0.3, -0.25) is 0 Å². The molecule has 1 unspecified atom stereocenters. The summed E-state index contributed by atoms with van der Waals surface area (Å²) in [5.41, 5.74) is -0.214. The maximum atomic E-state index is 13.3. The van der Waals surface area contributed by atoms with E-state index in [9.17, 15) is 4.21 Å². The Balaban J connectivity index is 0.00000117. The highest BCUT2D eigenvalue weighted by molar-refractivity contribution is 8.02. The van der Waals surface area contributed by atoms with Crippen molar-refractivity contribution in [3.8, 4) is 0 Å². The summed E-state index contributed by atoms with van der Waals surface area (Å²) in [6.45, 7) is 8.94. The standard InChI is InChI=1S/C22H24N2OPS.C2H6/c1-22(2)18-24(27(25)23-22)26(19-12-6-3-7-13-19,20-14-8-4-9-15-20)21-16-10-5-11-17-21;1-2/h3-17,23H,18H2,1-2H3;1-2H3/q+1;. The molecule has 1 heterocycles. The molecule has 5 heteroatoms. The van der Waals surface area contributed by atoms with Gasteiger partial charge in [0, 0.05) is 5.54 Å². The largest absolute Gasteiger partial charge is 0.222 e. The molecule has 1 fully saturated rings. The van der Waals surface area contributed by atoms with Gasteiger partial charge < -0.3 is 0 Å². The van der Waals surface area contributed by atoms with Crippen LogP contribution in [0, 0.1) is 0 Å². The van der Waals surface area contributed by atoms with Crippen LogP contribution in [0.1, 0.15) is 27.7 Å². The molecule has 1 N–H and O–H groups in total. The predicted molar refractivity (Wildman–Crippen MR) is 129 cm³/mol.